The van der Waals surface area contributed by atoms with Gasteiger partial charge in [-0.1, -0.05) is 0 Å². The molecular formula is C8H6BrF3N2O2S. The van der Waals surface area contributed by atoms with Crippen molar-refractivity contribution in [3.05, 3.63) is 22.8 Å². The van der Waals surface area contributed by atoms with Gasteiger partial charge in [-0.2, -0.15) is 13.2 Å². The first-order valence-corrected chi connectivity index (χ1v) is 6.52. The minimum atomic E-state index is -5.12. The van der Waals surface area contributed by atoms with Gasteiger partial charge in [-0.05, 0) is 33.9 Å². The third kappa shape index (κ3) is 3.70. The third-order valence-electron chi connectivity index (χ3n) is 1.55. The first kappa shape index (κ1) is 14.0. The van der Waals surface area contributed by atoms with Crippen LogP contribution < -0.4 is 4.72 Å². The molecule has 4 nitrogen and oxygen atoms in total. The van der Waals surface area contributed by atoms with Gasteiger partial charge in [0.25, 0.3) is 0 Å². The Morgan fingerprint density at radius 2 is 2.06 bits per heavy atom. The highest BCUT2D eigenvalue weighted by atomic mass is 79.9. The lowest BCUT2D eigenvalue weighted by atomic mass is 10.5. The van der Waals surface area contributed by atoms with Crippen molar-refractivity contribution in [2.45, 2.75) is 11.2 Å². The average molecular weight is 331 g/mol. The molecule has 9 heteroatoms. The normalized spacial score (nSPS) is 15.1. The summed E-state index contributed by atoms with van der Waals surface area (Å²) in [7, 11) is -3.61. The predicted octanol–water partition coefficient (Wildman–Crippen LogP) is 1.51. The van der Waals surface area contributed by atoms with Gasteiger partial charge in [-0.25, -0.2) is 9.19 Å². The molecule has 1 aromatic rings. The van der Waals surface area contributed by atoms with E-state index in [1.54, 1.807) is 0 Å². The van der Waals surface area contributed by atoms with Gasteiger partial charge < -0.3 is 0 Å². The number of carbonyl (C=O) groups is 1. The van der Waals surface area contributed by atoms with E-state index in [4.69, 9.17) is 0 Å². The highest BCUT2D eigenvalue weighted by Crippen LogP contribution is 2.16. The number of nitrogens with one attached hydrogen (secondary N) is 1. The van der Waals surface area contributed by atoms with Gasteiger partial charge in [0.1, 0.15) is 5.03 Å². The van der Waals surface area contributed by atoms with E-state index in [9.17, 15) is 22.2 Å². The molecule has 17 heavy (non-hydrogen) atoms. The minimum absolute atomic E-state index is 0.238. The molecule has 0 aliphatic carbocycles. The summed E-state index contributed by atoms with van der Waals surface area (Å²) >= 11 is 3.05. The van der Waals surface area contributed by atoms with E-state index < -0.39 is 21.8 Å². The van der Waals surface area contributed by atoms with Crippen LogP contribution in [-0.4, -0.2) is 27.1 Å². The smallest absolute Gasteiger partial charge is 0.270 e. The van der Waals surface area contributed by atoms with Gasteiger partial charge in [0.15, 0.2) is 0 Å². The summed E-state index contributed by atoms with van der Waals surface area (Å²) in [5.74, 6) is 0.724. The first-order valence-electron chi connectivity index (χ1n) is 4.00. The third-order valence-corrected chi connectivity index (χ3v) is 3.45. The standard InChI is InChI=1S/C8H6BrF3N2O2S/c1-17(16,14-7(15)8(10,11)12)6-3-2-5(9)4-13-6/h2-4H,1H2,(H,14,15,16). The summed E-state index contributed by atoms with van der Waals surface area (Å²) in [5.41, 5.74) is 0. The predicted molar refractivity (Wildman–Crippen MR) is 59.7 cm³/mol. The molecule has 0 spiro atoms. The van der Waals surface area contributed by atoms with Crippen molar-refractivity contribution in [3.63, 3.8) is 0 Å². The summed E-state index contributed by atoms with van der Waals surface area (Å²) < 4.78 is 49.5. The number of halogens is 4. The summed E-state index contributed by atoms with van der Waals surface area (Å²) in [4.78, 5) is 14.2. The number of carbonyl (C=O) groups excluding carboxylic acids is 1. The molecule has 0 aromatic carbocycles. The van der Waals surface area contributed by atoms with Crippen LogP contribution in [0.1, 0.15) is 0 Å². The number of rotatable bonds is 2. The Balaban J connectivity index is 2.98. The van der Waals surface area contributed by atoms with Gasteiger partial charge in [0.05, 0.1) is 9.71 Å². The second kappa shape index (κ2) is 4.65. The second-order valence-corrected chi connectivity index (χ2v) is 5.81. The topological polar surface area (TPSA) is 59.1 Å². The molecule has 0 saturated heterocycles. The summed E-state index contributed by atoms with van der Waals surface area (Å²) in [5, 5.41) is -0.238. The van der Waals surface area contributed by atoms with Crippen molar-refractivity contribution in [2.24, 2.45) is 0 Å². The minimum Gasteiger partial charge on any atom is -0.270 e. The van der Waals surface area contributed by atoms with Crippen molar-refractivity contribution < 1.29 is 22.2 Å². The number of amides is 1. The largest absolute Gasteiger partial charge is 0.472 e. The van der Waals surface area contributed by atoms with Crippen LogP contribution in [0.25, 0.3) is 0 Å². The van der Waals surface area contributed by atoms with Crippen LogP contribution in [0, 0.1) is 0 Å². The number of alkyl halides is 3. The molecule has 0 aliphatic heterocycles. The Morgan fingerprint density at radius 3 is 2.47 bits per heavy atom. The van der Waals surface area contributed by atoms with Crippen molar-refractivity contribution in [1.82, 2.24) is 9.71 Å². The molecule has 1 N–H and O–H groups in total. The van der Waals surface area contributed by atoms with E-state index in [1.165, 1.54) is 23.1 Å². The maximum Gasteiger partial charge on any atom is 0.472 e. The Morgan fingerprint density at radius 1 is 1.47 bits per heavy atom. The zero-order valence-electron chi connectivity index (χ0n) is 8.12. The van der Waals surface area contributed by atoms with Crippen molar-refractivity contribution >= 4 is 37.4 Å². The van der Waals surface area contributed by atoms with Crippen LogP contribution in [0.15, 0.2) is 27.8 Å². The number of nitrogens with zero attached hydrogens (tertiary/aromatic N) is 1. The molecule has 1 amide bonds. The molecule has 0 radical (unpaired) electrons. The Kier molecular flexibility index (Phi) is 3.82. The van der Waals surface area contributed by atoms with Gasteiger partial charge in [0.2, 0.25) is 0 Å². The maximum atomic E-state index is 12.0. The lowest BCUT2D eigenvalue weighted by Crippen LogP contribution is -2.40. The fourth-order valence-electron chi connectivity index (χ4n) is 0.817. The van der Waals surface area contributed by atoms with E-state index in [2.05, 4.69) is 26.8 Å². The Labute approximate surface area is 104 Å². The summed E-state index contributed by atoms with van der Waals surface area (Å²) in [6.45, 7) is 0. The average Bonchev–Trinajstić information content (AvgIpc) is 2.16. The number of hydrogen-bond donors (Lipinski definition) is 1. The van der Waals surface area contributed by atoms with Crippen LogP contribution in [0.2, 0.25) is 0 Å². The van der Waals surface area contributed by atoms with Crippen LogP contribution in [0.4, 0.5) is 13.2 Å². The van der Waals surface area contributed by atoms with E-state index in [0.29, 0.717) is 4.47 Å². The van der Waals surface area contributed by atoms with Gasteiger partial charge in [0, 0.05) is 10.7 Å². The molecule has 94 valence electrons. The fourth-order valence-corrected chi connectivity index (χ4v) is 2.08. The number of pyridine rings is 1. The van der Waals surface area contributed by atoms with Gasteiger partial charge >= 0.3 is 12.1 Å². The molecule has 0 bridgehead atoms. The van der Waals surface area contributed by atoms with Gasteiger partial charge in [-0.3, -0.25) is 9.52 Å². The van der Waals surface area contributed by atoms with Crippen LogP contribution in [-0.2, 0) is 14.5 Å². The monoisotopic (exact) mass is 330 g/mol. The molecule has 0 fully saturated rings. The highest BCUT2D eigenvalue weighted by Gasteiger charge is 2.40. The quantitative estimate of drug-likeness (QED) is 0.836. The van der Waals surface area contributed by atoms with E-state index in [1.807, 2.05) is 0 Å². The summed E-state index contributed by atoms with van der Waals surface area (Å²) in [6, 6.07) is 2.63. The van der Waals surface area contributed by atoms with Crippen molar-refractivity contribution in [1.29, 1.82) is 0 Å². The highest BCUT2D eigenvalue weighted by molar-refractivity contribution is 9.10. The zero-order valence-corrected chi connectivity index (χ0v) is 10.5. The molecule has 1 rings (SSSR count). The molecule has 1 heterocycles. The van der Waals surface area contributed by atoms with E-state index in [-0.39, 0.29) is 5.03 Å². The fraction of sp³-hybridized carbons (Fsp3) is 0.125. The molecule has 0 aliphatic rings. The Hall–Kier alpha value is -1.09. The molecule has 1 aromatic heterocycles. The molecule has 1 atom stereocenters. The zero-order chi connectivity index (χ0) is 13.3. The van der Waals surface area contributed by atoms with Crippen molar-refractivity contribution in [2.75, 3.05) is 0 Å². The van der Waals surface area contributed by atoms with Crippen LogP contribution in [0.3, 0.4) is 0 Å². The first-order chi connectivity index (χ1) is 7.63. The Bertz CT molecular complexity index is 525. The van der Waals surface area contributed by atoms with Crippen LogP contribution >= 0.6 is 15.9 Å². The SMILES string of the molecule is C=S(=O)(NC(=O)C(F)(F)F)c1ccc(Br)cn1. The van der Waals surface area contributed by atoms with E-state index in [0.717, 1.165) is 0 Å². The lowest BCUT2D eigenvalue weighted by molar-refractivity contribution is -0.171. The maximum absolute atomic E-state index is 12.0. The van der Waals surface area contributed by atoms with E-state index >= 15 is 0 Å². The summed E-state index contributed by atoms with van der Waals surface area (Å²) in [6.07, 6.45) is -3.88. The van der Waals surface area contributed by atoms with Crippen LogP contribution in [0.5, 0.6) is 0 Å². The number of hydrogen-bond acceptors (Lipinski definition) is 3. The number of aromatic nitrogens is 1. The molecule has 1 unspecified atom stereocenters. The molecular weight excluding hydrogens is 325 g/mol. The van der Waals surface area contributed by atoms with Crippen molar-refractivity contribution in [3.8, 4) is 0 Å². The lowest BCUT2D eigenvalue weighted by Gasteiger charge is -2.12. The second-order valence-electron chi connectivity index (χ2n) is 2.92. The van der Waals surface area contributed by atoms with Gasteiger partial charge in [-0.15, -0.1) is 0 Å². The molecule has 0 saturated carbocycles.